The smallest absolute Gasteiger partial charge is 0.252 e. The van der Waals surface area contributed by atoms with Gasteiger partial charge in [0, 0.05) is 13.1 Å². The van der Waals surface area contributed by atoms with E-state index < -0.39 is 15.6 Å². The number of piperidine rings is 1. The average molecular weight is 296 g/mol. The summed E-state index contributed by atoms with van der Waals surface area (Å²) in [6, 6.07) is 3.11. The van der Waals surface area contributed by atoms with E-state index in [0.717, 1.165) is 11.3 Å². The molecule has 0 atom stereocenters. The van der Waals surface area contributed by atoms with E-state index in [-0.39, 0.29) is 4.21 Å². The molecule has 1 aromatic heterocycles. The number of hydrogen-bond donors (Lipinski definition) is 1. The number of aliphatic hydroxyl groups is 1. The van der Waals surface area contributed by atoms with Crippen LogP contribution in [-0.2, 0) is 10.0 Å². The van der Waals surface area contributed by atoms with Gasteiger partial charge in [-0.3, -0.25) is 0 Å². The van der Waals surface area contributed by atoms with Gasteiger partial charge in [-0.15, -0.1) is 11.3 Å². The SMILES string of the molecule is CC1(O)CCN(S(=O)(=O)c2ccc(Cl)s2)CC1. The maximum absolute atomic E-state index is 12.2. The molecule has 0 bridgehead atoms. The molecule has 1 aliphatic heterocycles. The summed E-state index contributed by atoms with van der Waals surface area (Å²) in [4.78, 5) is 0. The third kappa shape index (κ3) is 2.82. The van der Waals surface area contributed by atoms with Gasteiger partial charge in [0.1, 0.15) is 4.21 Å². The van der Waals surface area contributed by atoms with Crippen LogP contribution >= 0.6 is 22.9 Å². The lowest BCUT2D eigenvalue weighted by Crippen LogP contribution is -2.44. The van der Waals surface area contributed by atoms with Crippen molar-refractivity contribution < 1.29 is 13.5 Å². The van der Waals surface area contributed by atoms with E-state index in [4.69, 9.17) is 11.6 Å². The van der Waals surface area contributed by atoms with Crippen LogP contribution in [0.4, 0.5) is 0 Å². The van der Waals surface area contributed by atoms with Gasteiger partial charge in [0.15, 0.2) is 0 Å². The summed E-state index contributed by atoms with van der Waals surface area (Å²) >= 11 is 6.81. The van der Waals surface area contributed by atoms with Gasteiger partial charge in [0.05, 0.1) is 9.94 Å². The molecule has 96 valence electrons. The van der Waals surface area contributed by atoms with Crippen LogP contribution in [0.2, 0.25) is 4.34 Å². The number of hydrogen-bond acceptors (Lipinski definition) is 4. The molecule has 0 aliphatic carbocycles. The predicted molar refractivity (Wildman–Crippen MR) is 67.9 cm³/mol. The summed E-state index contributed by atoms with van der Waals surface area (Å²) in [6.45, 7) is 2.44. The Balaban J connectivity index is 2.18. The van der Waals surface area contributed by atoms with Crippen LogP contribution in [0.5, 0.6) is 0 Å². The van der Waals surface area contributed by atoms with Crippen molar-refractivity contribution in [3.8, 4) is 0 Å². The summed E-state index contributed by atoms with van der Waals surface area (Å²) in [5.41, 5.74) is -0.751. The average Bonchev–Trinajstić information content (AvgIpc) is 2.65. The van der Waals surface area contributed by atoms with Gasteiger partial charge in [0.2, 0.25) is 0 Å². The Morgan fingerprint density at radius 1 is 1.41 bits per heavy atom. The molecule has 0 radical (unpaired) electrons. The minimum atomic E-state index is -3.44. The molecular formula is C10H14ClNO3S2. The molecule has 1 aliphatic rings. The van der Waals surface area contributed by atoms with E-state index >= 15 is 0 Å². The van der Waals surface area contributed by atoms with Crippen LogP contribution in [0.25, 0.3) is 0 Å². The molecule has 2 rings (SSSR count). The fourth-order valence-electron chi connectivity index (χ4n) is 1.77. The molecule has 1 N–H and O–H groups in total. The molecule has 1 saturated heterocycles. The van der Waals surface area contributed by atoms with Crippen molar-refractivity contribution in [3.63, 3.8) is 0 Å². The Kier molecular flexibility index (Phi) is 3.53. The highest BCUT2D eigenvalue weighted by Gasteiger charge is 2.34. The zero-order valence-electron chi connectivity index (χ0n) is 9.39. The maximum Gasteiger partial charge on any atom is 0.252 e. The van der Waals surface area contributed by atoms with Gasteiger partial charge in [-0.05, 0) is 31.9 Å². The van der Waals surface area contributed by atoms with Gasteiger partial charge >= 0.3 is 0 Å². The lowest BCUT2D eigenvalue weighted by atomic mass is 9.95. The first-order valence-electron chi connectivity index (χ1n) is 5.29. The third-order valence-electron chi connectivity index (χ3n) is 2.94. The number of rotatable bonds is 2. The van der Waals surface area contributed by atoms with Gasteiger partial charge in [0.25, 0.3) is 10.0 Å². The quantitative estimate of drug-likeness (QED) is 0.907. The van der Waals surface area contributed by atoms with Gasteiger partial charge in [-0.2, -0.15) is 4.31 Å². The molecule has 0 saturated carbocycles. The first-order valence-corrected chi connectivity index (χ1v) is 7.93. The molecule has 4 nitrogen and oxygen atoms in total. The zero-order chi connectivity index (χ0) is 12.7. The van der Waals surface area contributed by atoms with Gasteiger partial charge < -0.3 is 5.11 Å². The number of sulfonamides is 1. The van der Waals surface area contributed by atoms with Crippen molar-refractivity contribution in [1.29, 1.82) is 0 Å². The highest BCUT2D eigenvalue weighted by Crippen LogP contribution is 2.31. The molecule has 2 heterocycles. The molecular weight excluding hydrogens is 282 g/mol. The summed E-state index contributed by atoms with van der Waals surface area (Å²) in [5, 5.41) is 9.79. The molecule has 0 spiro atoms. The lowest BCUT2D eigenvalue weighted by Gasteiger charge is -2.34. The summed E-state index contributed by atoms with van der Waals surface area (Å²) in [7, 11) is -3.44. The summed E-state index contributed by atoms with van der Waals surface area (Å²) in [6.07, 6.45) is 0.927. The number of nitrogens with zero attached hydrogens (tertiary/aromatic N) is 1. The topological polar surface area (TPSA) is 57.6 Å². The Morgan fingerprint density at radius 2 is 2.00 bits per heavy atom. The van der Waals surface area contributed by atoms with Crippen LogP contribution < -0.4 is 0 Å². The van der Waals surface area contributed by atoms with E-state index in [0.29, 0.717) is 30.3 Å². The minimum Gasteiger partial charge on any atom is -0.390 e. The van der Waals surface area contributed by atoms with E-state index in [2.05, 4.69) is 0 Å². The van der Waals surface area contributed by atoms with Crippen LogP contribution in [0.15, 0.2) is 16.3 Å². The fraction of sp³-hybridized carbons (Fsp3) is 0.600. The lowest BCUT2D eigenvalue weighted by molar-refractivity contribution is 0.0126. The molecule has 0 amide bonds. The van der Waals surface area contributed by atoms with Crippen LogP contribution in [-0.4, -0.2) is 36.5 Å². The standard InChI is InChI=1S/C10H14ClNO3S2/c1-10(13)4-6-12(7-5-10)17(14,15)9-3-2-8(11)16-9/h2-3,13H,4-7H2,1H3. The van der Waals surface area contributed by atoms with E-state index in [1.54, 1.807) is 13.0 Å². The maximum atomic E-state index is 12.2. The summed E-state index contributed by atoms with van der Waals surface area (Å²) in [5.74, 6) is 0. The molecule has 7 heteroatoms. The van der Waals surface area contributed by atoms with Crippen molar-refractivity contribution >= 4 is 33.0 Å². The van der Waals surface area contributed by atoms with Crippen molar-refractivity contribution in [2.24, 2.45) is 0 Å². The van der Waals surface area contributed by atoms with Crippen LogP contribution in [0.3, 0.4) is 0 Å². The molecule has 1 fully saturated rings. The van der Waals surface area contributed by atoms with Gasteiger partial charge in [-0.25, -0.2) is 8.42 Å². The van der Waals surface area contributed by atoms with Crippen molar-refractivity contribution in [2.75, 3.05) is 13.1 Å². The molecule has 0 unspecified atom stereocenters. The Labute approximate surface area is 110 Å². The molecule has 17 heavy (non-hydrogen) atoms. The second-order valence-corrected chi connectivity index (χ2v) is 8.34. The van der Waals surface area contributed by atoms with Crippen LogP contribution in [0.1, 0.15) is 19.8 Å². The number of thiophene rings is 1. The van der Waals surface area contributed by atoms with Crippen molar-refractivity contribution in [3.05, 3.63) is 16.5 Å². The Bertz CT molecular complexity index is 499. The van der Waals surface area contributed by atoms with E-state index in [1.165, 1.54) is 10.4 Å². The normalized spacial score (nSPS) is 21.6. The third-order valence-corrected chi connectivity index (χ3v) is 6.54. The molecule has 1 aromatic rings. The Morgan fingerprint density at radius 3 is 2.47 bits per heavy atom. The fourth-order valence-corrected chi connectivity index (χ4v) is 4.85. The molecule has 0 aromatic carbocycles. The van der Waals surface area contributed by atoms with E-state index in [9.17, 15) is 13.5 Å². The Hall–Kier alpha value is -0.140. The van der Waals surface area contributed by atoms with Crippen molar-refractivity contribution in [1.82, 2.24) is 4.31 Å². The monoisotopic (exact) mass is 295 g/mol. The first kappa shape index (κ1) is 13.3. The van der Waals surface area contributed by atoms with Crippen LogP contribution in [0, 0.1) is 0 Å². The van der Waals surface area contributed by atoms with E-state index in [1.807, 2.05) is 0 Å². The number of halogens is 1. The second-order valence-electron chi connectivity index (χ2n) is 4.46. The highest BCUT2D eigenvalue weighted by atomic mass is 35.5. The zero-order valence-corrected chi connectivity index (χ0v) is 11.8. The summed E-state index contributed by atoms with van der Waals surface area (Å²) < 4.78 is 26.6. The van der Waals surface area contributed by atoms with Crippen molar-refractivity contribution in [2.45, 2.75) is 29.6 Å². The highest BCUT2D eigenvalue weighted by molar-refractivity contribution is 7.91. The second kappa shape index (κ2) is 4.51. The predicted octanol–water partition coefficient (Wildman–Crippen LogP) is 1.94. The first-order chi connectivity index (χ1) is 7.81. The van der Waals surface area contributed by atoms with Gasteiger partial charge in [-0.1, -0.05) is 11.6 Å². The largest absolute Gasteiger partial charge is 0.390 e. The minimum absolute atomic E-state index is 0.268.